The fourth-order valence-electron chi connectivity index (χ4n) is 2.92. The van der Waals surface area contributed by atoms with Gasteiger partial charge in [-0.15, -0.1) is 11.8 Å². The normalized spacial score (nSPS) is 13.0. The highest BCUT2D eigenvalue weighted by atomic mass is 32.2. The predicted octanol–water partition coefficient (Wildman–Crippen LogP) is 4.62. The smallest absolute Gasteiger partial charge is 0.268 e. The van der Waals surface area contributed by atoms with Crippen molar-refractivity contribution in [3.05, 3.63) is 81.5 Å². The molecule has 6 heteroatoms. The third kappa shape index (κ3) is 3.31. The average Bonchev–Trinajstić information content (AvgIpc) is 3.11. The van der Waals surface area contributed by atoms with Gasteiger partial charge in [0.2, 0.25) is 0 Å². The maximum absolute atomic E-state index is 13.3. The zero-order valence-electron chi connectivity index (χ0n) is 14.2. The molecular weight excluding hydrogens is 367 g/mol. The van der Waals surface area contributed by atoms with E-state index in [9.17, 15) is 9.18 Å². The second-order valence-corrected chi connectivity index (χ2v) is 8.15. The Hall–Kier alpha value is -2.05. The predicted molar refractivity (Wildman–Crippen MR) is 105 cm³/mol. The SMILES string of the molecule is Cc1ccccc1CSc1nc2c(c(=O)n1-c1ccc(F)cc1)SCC2. The molecule has 3 nitrogen and oxygen atoms in total. The van der Waals surface area contributed by atoms with E-state index in [0.717, 1.165) is 28.5 Å². The van der Waals surface area contributed by atoms with Gasteiger partial charge in [-0.25, -0.2) is 9.37 Å². The van der Waals surface area contributed by atoms with Crippen LogP contribution in [0, 0.1) is 12.7 Å². The average molecular weight is 385 g/mol. The van der Waals surface area contributed by atoms with Crippen LogP contribution in [-0.2, 0) is 12.2 Å². The van der Waals surface area contributed by atoms with E-state index < -0.39 is 0 Å². The van der Waals surface area contributed by atoms with Crippen LogP contribution < -0.4 is 5.56 Å². The largest absolute Gasteiger partial charge is 0.272 e. The summed E-state index contributed by atoms with van der Waals surface area (Å²) in [7, 11) is 0. The minimum absolute atomic E-state index is 0.0589. The summed E-state index contributed by atoms with van der Waals surface area (Å²) in [6.07, 6.45) is 0.817. The molecule has 0 saturated heterocycles. The summed E-state index contributed by atoms with van der Waals surface area (Å²) >= 11 is 3.10. The Morgan fingerprint density at radius 2 is 1.96 bits per heavy atom. The van der Waals surface area contributed by atoms with E-state index in [1.807, 2.05) is 12.1 Å². The Morgan fingerprint density at radius 3 is 2.73 bits per heavy atom. The highest BCUT2D eigenvalue weighted by Gasteiger charge is 2.22. The minimum Gasteiger partial charge on any atom is -0.268 e. The van der Waals surface area contributed by atoms with Crippen LogP contribution in [0.4, 0.5) is 4.39 Å². The molecule has 2 heterocycles. The van der Waals surface area contributed by atoms with Gasteiger partial charge in [-0.2, -0.15) is 0 Å². The Balaban J connectivity index is 1.78. The summed E-state index contributed by atoms with van der Waals surface area (Å²) in [5, 5.41) is 0.658. The molecule has 0 saturated carbocycles. The third-order valence-corrected chi connectivity index (χ3v) is 6.46. The summed E-state index contributed by atoms with van der Waals surface area (Å²) < 4.78 is 14.9. The van der Waals surface area contributed by atoms with Gasteiger partial charge in [0.05, 0.1) is 16.3 Å². The van der Waals surface area contributed by atoms with Crippen molar-refractivity contribution in [2.45, 2.75) is 29.1 Å². The van der Waals surface area contributed by atoms with Gasteiger partial charge in [-0.05, 0) is 42.3 Å². The number of aryl methyl sites for hydroxylation is 2. The van der Waals surface area contributed by atoms with Gasteiger partial charge in [0.15, 0.2) is 5.16 Å². The first-order valence-electron chi connectivity index (χ1n) is 8.35. The zero-order chi connectivity index (χ0) is 18.1. The number of fused-ring (bicyclic) bond motifs is 1. The van der Waals surface area contributed by atoms with Crippen molar-refractivity contribution in [3.63, 3.8) is 0 Å². The summed E-state index contributed by atoms with van der Waals surface area (Å²) in [6.45, 7) is 2.08. The van der Waals surface area contributed by atoms with Gasteiger partial charge < -0.3 is 0 Å². The molecular formula is C20H17FN2OS2. The van der Waals surface area contributed by atoms with Crippen LogP contribution in [0.15, 0.2) is 63.4 Å². The van der Waals surface area contributed by atoms with E-state index in [0.29, 0.717) is 10.8 Å². The van der Waals surface area contributed by atoms with Crippen LogP contribution in [0.25, 0.3) is 5.69 Å². The number of aromatic nitrogens is 2. The Bertz CT molecular complexity index is 1020. The number of nitrogens with zero attached hydrogens (tertiary/aromatic N) is 2. The Kier molecular flexibility index (Phi) is 4.87. The topological polar surface area (TPSA) is 34.9 Å². The van der Waals surface area contributed by atoms with Gasteiger partial charge in [0, 0.05) is 17.9 Å². The van der Waals surface area contributed by atoms with Crippen LogP contribution in [0.2, 0.25) is 0 Å². The molecule has 0 spiro atoms. The van der Waals surface area contributed by atoms with Crippen molar-refractivity contribution in [2.24, 2.45) is 0 Å². The van der Waals surface area contributed by atoms with Gasteiger partial charge in [0.25, 0.3) is 5.56 Å². The van der Waals surface area contributed by atoms with Crippen LogP contribution >= 0.6 is 23.5 Å². The number of rotatable bonds is 4. The highest BCUT2D eigenvalue weighted by molar-refractivity contribution is 7.99. The minimum atomic E-state index is -0.320. The summed E-state index contributed by atoms with van der Waals surface area (Å²) in [4.78, 5) is 18.5. The maximum atomic E-state index is 13.3. The molecule has 0 fully saturated rings. The number of halogens is 1. The van der Waals surface area contributed by atoms with Gasteiger partial charge >= 0.3 is 0 Å². The molecule has 0 bridgehead atoms. The molecule has 4 rings (SSSR count). The lowest BCUT2D eigenvalue weighted by Gasteiger charge is -2.14. The van der Waals surface area contributed by atoms with E-state index in [4.69, 9.17) is 4.98 Å². The number of thioether (sulfide) groups is 2. The molecule has 1 aliphatic heterocycles. The molecule has 2 aromatic carbocycles. The first kappa shape index (κ1) is 17.4. The second kappa shape index (κ2) is 7.29. The molecule has 0 unspecified atom stereocenters. The highest BCUT2D eigenvalue weighted by Crippen LogP contribution is 2.31. The lowest BCUT2D eigenvalue weighted by molar-refractivity contribution is 0.626. The van der Waals surface area contributed by atoms with Crippen LogP contribution in [0.5, 0.6) is 0 Å². The van der Waals surface area contributed by atoms with Crippen molar-refractivity contribution >= 4 is 23.5 Å². The van der Waals surface area contributed by atoms with Gasteiger partial charge in [-0.1, -0.05) is 36.0 Å². The standard InChI is InChI=1S/C20H17FN2OS2/c1-13-4-2-3-5-14(13)12-26-20-22-17-10-11-25-18(17)19(24)23(20)16-8-6-15(21)7-9-16/h2-9H,10-12H2,1H3. The quantitative estimate of drug-likeness (QED) is 0.486. The third-order valence-electron chi connectivity index (χ3n) is 4.37. The summed E-state index contributed by atoms with van der Waals surface area (Å²) in [5.41, 5.74) is 3.90. The second-order valence-electron chi connectivity index (χ2n) is 6.10. The monoisotopic (exact) mass is 384 g/mol. The molecule has 0 atom stereocenters. The first-order chi connectivity index (χ1) is 12.6. The van der Waals surface area contributed by atoms with Crippen LogP contribution in [0.3, 0.4) is 0 Å². The van der Waals surface area contributed by atoms with E-state index in [1.165, 1.54) is 23.3 Å². The molecule has 0 aliphatic carbocycles. The molecule has 0 amide bonds. The Labute approximate surface area is 159 Å². The first-order valence-corrected chi connectivity index (χ1v) is 10.3. The molecule has 1 aliphatic rings. The molecule has 3 aromatic rings. The number of benzene rings is 2. The van der Waals surface area contributed by atoms with Crippen molar-refractivity contribution in [3.8, 4) is 5.69 Å². The van der Waals surface area contributed by atoms with E-state index in [-0.39, 0.29) is 11.4 Å². The van der Waals surface area contributed by atoms with Crippen LogP contribution in [-0.4, -0.2) is 15.3 Å². The van der Waals surface area contributed by atoms with E-state index in [2.05, 4.69) is 19.1 Å². The van der Waals surface area contributed by atoms with Crippen LogP contribution in [0.1, 0.15) is 16.8 Å². The van der Waals surface area contributed by atoms with E-state index in [1.54, 1.807) is 40.2 Å². The van der Waals surface area contributed by atoms with Crippen molar-refractivity contribution in [2.75, 3.05) is 5.75 Å². The zero-order valence-corrected chi connectivity index (χ0v) is 15.9. The molecule has 26 heavy (non-hydrogen) atoms. The summed E-state index contributed by atoms with van der Waals surface area (Å²) in [6, 6.07) is 14.2. The Morgan fingerprint density at radius 1 is 1.19 bits per heavy atom. The number of hydrogen-bond donors (Lipinski definition) is 0. The maximum Gasteiger partial charge on any atom is 0.272 e. The molecule has 0 radical (unpaired) electrons. The summed E-state index contributed by atoms with van der Waals surface area (Å²) in [5.74, 6) is 1.29. The lowest BCUT2D eigenvalue weighted by atomic mass is 10.1. The fraction of sp³-hybridized carbons (Fsp3) is 0.200. The number of hydrogen-bond acceptors (Lipinski definition) is 4. The van der Waals surface area contributed by atoms with Crippen molar-refractivity contribution in [1.29, 1.82) is 0 Å². The van der Waals surface area contributed by atoms with Crippen molar-refractivity contribution in [1.82, 2.24) is 9.55 Å². The van der Waals surface area contributed by atoms with Crippen molar-refractivity contribution < 1.29 is 4.39 Å². The van der Waals surface area contributed by atoms with Gasteiger partial charge in [-0.3, -0.25) is 9.36 Å². The molecule has 1 aromatic heterocycles. The molecule has 132 valence electrons. The fourth-order valence-corrected chi connectivity index (χ4v) is 5.05. The molecule has 0 N–H and O–H groups in total. The lowest BCUT2D eigenvalue weighted by Crippen LogP contribution is -2.23. The van der Waals surface area contributed by atoms with E-state index >= 15 is 0 Å². The van der Waals surface area contributed by atoms with Gasteiger partial charge in [0.1, 0.15) is 5.82 Å².